The Morgan fingerprint density at radius 3 is 2.58 bits per heavy atom. The molecule has 10 heteroatoms. The first-order valence-corrected chi connectivity index (χ1v) is 9.71. The molecule has 0 bridgehead atoms. The molecule has 0 saturated carbocycles. The van der Waals surface area contributed by atoms with Gasteiger partial charge in [0.15, 0.2) is 0 Å². The van der Waals surface area contributed by atoms with Gasteiger partial charge in [0.2, 0.25) is 0 Å². The lowest BCUT2D eigenvalue weighted by Gasteiger charge is -2.26. The van der Waals surface area contributed by atoms with Crippen molar-refractivity contribution >= 4 is 34.7 Å². The van der Waals surface area contributed by atoms with Gasteiger partial charge < -0.3 is 19.8 Å². The van der Waals surface area contributed by atoms with Gasteiger partial charge in [0.05, 0.1) is 36.4 Å². The second-order valence-electron chi connectivity index (χ2n) is 6.66. The topological polar surface area (TPSA) is 130 Å². The van der Waals surface area contributed by atoms with Crippen LogP contribution in [0.25, 0.3) is 5.76 Å². The van der Waals surface area contributed by atoms with Crippen molar-refractivity contribution in [1.82, 2.24) is 4.90 Å². The Morgan fingerprint density at radius 1 is 1.16 bits per heavy atom. The van der Waals surface area contributed by atoms with Crippen molar-refractivity contribution in [1.29, 1.82) is 0 Å². The fourth-order valence-corrected chi connectivity index (χ4v) is 3.62. The predicted octanol–water partition coefficient (Wildman–Crippen LogP) is 2.68. The molecule has 0 spiro atoms. The third-order valence-corrected chi connectivity index (χ3v) is 5.13. The second kappa shape index (κ2) is 9.69. The molecule has 0 unspecified atom stereocenters. The number of likely N-dealkylation sites (tertiary alicyclic amines) is 1. The van der Waals surface area contributed by atoms with E-state index in [1.807, 2.05) is 0 Å². The molecule has 2 N–H and O–H groups in total. The SMILES string of the molecule is O=C1C(=O)N(CCOCCO)[C@@H](c2ccccc2Cl)/C1=C(\O)c1cccc([N+](=O)[O-])c1. The fourth-order valence-electron chi connectivity index (χ4n) is 3.38. The summed E-state index contributed by atoms with van der Waals surface area (Å²) in [4.78, 5) is 37.3. The van der Waals surface area contributed by atoms with Gasteiger partial charge in [-0.2, -0.15) is 0 Å². The molecule has 2 aromatic rings. The number of carbonyl (C=O) groups excluding carboxylic acids is 2. The molecule has 1 fully saturated rings. The average Bonchev–Trinajstić information content (AvgIpc) is 3.01. The summed E-state index contributed by atoms with van der Waals surface area (Å²) in [6.45, 7) is -0.0779. The number of carbonyl (C=O) groups is 2. The molecule has 1 amide bonds. The van der Waals surface area contributed by atoms with E-state index in [1.165, 1.54) is 23.1 Å². The first kappa shape index (κ1) is 22.4. The Hall–Kier alpha value is -3.27. The number of benzene rings is 2. The van der Waals surface area contributed by atoms with Crippen molar-refractivity contribution in [2.75, 3.05) is 26.4 Å². The number of hydrogen-bond donors (Lipinski definition) is 2. The summed E-state index contributed by atoms with van der Waals surface area (Å²) < 4.78 is 5.22. The summed E-state index contributed by atoms with van der Waals surface area (Å²) in [5.41, 5.74) is -0.0518. The summed E-state index contributed by atoms with van der Waals surface area (Å²) in [5.74, 6) is -2.33. The van der Waals surface area contributed by atoms with Gasteiger partial charge in [0.1, 0.15) is 5.76 Å². The van der Waals surface area contributed by atoms with E-state index in [0.717, 1.165) is 6.07 Å². The van der Waals surface area contributed by atoms with Gasteiger partial charge in [-0.3, -0.25) is 19.7 Å². The molecule has 0 aromatic heterocycles. The van der Waals surface area contributed by atoms with Gasteiger partial charge in [-0.25, -0.2) is 0 Å². The van der Waals surface area contributed by atoms with Crippen LogP contribution in [0.3, 0.4) is 0 Å². The molecule has 1 aliphatic rings. The minimum absolute atomic E-state index is 0.00613. The van der Waals surface area contributed by atoms with Gasteiger partial charge in [-0.15, -0.1) is 0 Å². The highest BCUT2D eigenvalue weighted by Crippen LogP contribution is 2.41. The van der Waals surface area contributed by atoms with Crippen LogP contribution in [-0.2, 0) is 14.3 Å². The average molecular weight is 447 g/mol. The highest BCUT2D eigenvalue weighted by Gasteiger charge is 2.46. The molecule has 0 aliphatic carbocycles. The largest absolute Gasteiger partial charge is 0.507 e. The minimum Gasteiger partial charge on any atom is -0.507 e. The first-order chi connectivity index (χ1) is 14.9. The number of hydrogen-bond acceptors (Lipinski definition) is 7. The number of nitro groups is 1. The number of non-ortho nitro benzene ring substituents is 1. The minimum atomic E-state index is -1.01. The van der Waals surface area contributed by atoms with Crippen LogP contribution in [0.2, 0.25) is 5.02 Å². The zero-order valence-corrected chi connectivity index (χ0v) is 17.0. The highest BCUT2D eigenvalue weighted by molar-refractivity contribution is 6.47. The maximum Gasteiger partial charge on any atom is 0.295 e. The third-order valence-electron chi connectivity index (χ3n) is 4.78. The van der Waals surface area contributed by atoms with Gasteiger partial charge in [0, 0.05) is 29.3 Å². The molecule has 0 radical (unpaired) electrons. The quantitative estimate of drug-likeness (QED) is 0.159. The molecule has 3 rings (SSSR count). The number of amides is 1. The van der Waals surface area contributed by atoms with Crippen LogP contribution >= 0.6 is 11.6 Å². The lowest BCUT2D eigenvalue weighted by atomic mass is 9.95. The van der Waals surface area contributed by atoms with Crippen LogP contribution in [-0.4, -0.2) is 58.1 Å². The van der Waals surface area contributed by atoms with Gasteiger partial charge in [-0.1, -0.05) is 41.9 Å². The molecule has 1 heterocycles. The molecule has 162 valence electrons. The summed E-state index contributed by atoms with van der Waals surface area (Å²) in [6, 6.07) is 10.7. The number of aliphatic hydroxyl groups excluding tert-OH is 2. The van der Waals surface area contributed by atoms with Crippen LogP contribution < -0.4 is 0 Å². The number of rotatable bonds is 8. The van der Waals surface area contributed by atoms with E-state index in [4.69, 9.17) is 21.4 Å². The van der Waals surface area contributed by atoms with E-state index in [-0.39, 0.29) is 48.2 Å². The van der Waals surface area contributed by atoms with Crippen molar-refractivity contribution in [3.8, 4) is 0 Å². The monoisotopic (exact) mass is 446 g/mol. The number of aliphatic hydroxyl groups is 2. The first-order valence-electron chi connectivity index (χ1n) is 9.33. The maximum atomic E-state index is 12.9. The molecule has 1 atom stereocenters. The van der Waals surface area contributed by atoms with E-state index in [2.05, 4.69) is 0 Å². The number of halogens is 1. The van der Waals surface area contributed by atoms with Crippen molar-refractivity contribution in [3.63, 3.8) is 0 Å². The Kier molecular flexibility index (Phi) is 7.01. The van der Waals surface area contributed by atoms with Crippen molar-refractivity contribution in [2.24, 2.45) is 0 Å². The molecule has 9 nitrogen and oxygen atoms in total. The molecule has 2 aromatic carbocycles. The fraction of sp³-hybridized carbons (Fsp3) is 0.238. The van der Waals surface area contributed by atoms with Crippen LogP contribution in [0.5, 0.6) is 0 Å². The van der Waals surface area contributed by atoms with Gasteiger partial charge >= 0.3 is 0 Å². The Balaban J connectivity index is 2.12. The van der Waals surface area contributed by atoms with Crippen molar-refractivity contribution in [3.05, 3.63) is 80.4 Å². The van der Waals surface area contributed by atoms with Crippen molar-refractivity contribution < 1.29 is 29.5 Å². The van der Waals surface area contributed by atoms with Crippen LogP contribution in [0.1, 0.15) is 17.2 Å². The predicted molar refractivity (Wildman–Crippen MR) is 111 cm³/mol. The lowest BCUT2D eigenvalue weighted by molar-refractivity contribution is -0.384. The Bertz CT molecular complexity index is 1050. The number of Topliss-reactive ketones (excluding diaryl/α,β-unsaturated/α-hetero) is 1. The Morgan fingerprint density at radius 2 is 1.90 bits per heavy atom. The van der Waals surface area contributed by atoms with Gasteiger partial charge in [0.25, 0.3) is 17.4 Å². The molecule has 1 saturated heterocycles. The summed E-state index contributed by atoms with van der Waals surface area (Å²) in [6.07, 6.45) is 0. The number of nitrogens with zero attached hydrogens (tertiary/aromatic N) is 2. The highest BCUT2D eigenvalue weighted by atomic mass is 35.5. The van der Waals surface area contributed by atoms with Crippen LogP contribution in [0, 0.1) is 10.1 Å². The zero-order chi connectivity index (χ0) is 22.5. The summed E-state index contributed by atoms with van der Waals surface area (Å²) >= 11 is 6.32. The Labute approximate surface area is 182 Å². The maximum absolute atomic E-state index is 12.9. The van der Waals surface area contributed by atoms with E-state index >= 15 is 0 Å². The zero-order valence-electron chi connectivity index (χ0n) is 16.2. The second-order valence-corrected chi connectivity index (χ2v) is 7.06. The molecule has 1 aliphatic heterocycles. The molecular weight excluding hydrogens is 428 g/mol. The normalized spacial score (nSPS) is 17.9. The number of ketones is 1. The molecule has 31 heavy (non-hydrogen) atoms. The number of nitro benzene ring substituents is 1. The van der Waals surface area contributed by atoms with Crippen molar-refractivity contribution in [2.45, 2.75) is 6.04 Å². The van der Waals surface area contributed by atoms with E-state index in [0.29, 0.717) is 5.56 Å². The summed E-state index contributed by atoms with van der Waals surface area (Å²) in [5, 5.41) is 31.1. The number of ether oxygens (including phenoxy) is 1. The van der Waals surface area contributed by atoms with E-state index < -0.39 is 28.4 Å². The third kappa shape index (κ3) is 4.58. The van der Waals surface area contributed by atoms with E-state index in [1.54, 1.807) is 24.3 Å². The standard InChI is InChI=1S/C21H19ClN2O7/c22-16-7-2-1-6-15(16)18-17(19(26)13-4-3-5-14(12-13)24(29)30)20(27)21(28)23(18)8-10-31-11-9-25/h1-7,12,18,25-26H,8-11H2/b19-17+/t18-/m0/s1. The van der Waals surface area contributed by atoms with E-state index in [9.17, 15) is 24.8 Å². The molecular formula is C21H19ClN2O7. The van der Waals surface area contributed by atoms with Crippen LogP contribution in [0.15, 0.2) is 54.1 Å². The summed E-state index contributed by atoms with van der Waals surface area (Å²) in [7, 11) is 0. The smallest absolute Gasteiger partial charge is 0.295 e. The lowest BCUT2D eigenvalue weighted by Crippen LogP contribution is -2.33. The van der Waals surface area contributed by atoms with Gasteiger partial charge in [-0.05, 0) is 11.6 Å². The van der Waals surface area contributed by atoms with Crippen LogP contribution in [0.4, 0.5) is 5.69 Å².